The summed E-state index contributed by atoms with van der Waals surface area (Å²) in [5.74, 6) is -0.618. The number of rotatable bonds is 7. The molecule has 0 aliphatic heterocycles. The fraction of sp³-hybridized carbons (Fsp3) is 0.938. The van der Waals surface area contributed by atoms with E-state index >= 15 is 0 Å². The Morgan fingerprint density at radius 2 is 1.56 bits per heavy atom. The molecular weight excluding hydrogens is 224 g/mol. The van der Waals surface area contributed by atoms with Crippen LogP contribution in [-0.4, -0.2) is 11.1 Å². The summed E-state index contributed by atoms with van der Waals surface area (Å²) in [7, 11) is 0. The van der Waals surface area contributed by atoms with E-state index in [1.807, 2.05) is 6.92 Å². The molecule has 1 unspecified atom stereocenters. The van der Waals surface area contributed by atoms with Crippen molar-refractivity contribution in [3.8, 4) is 0 Å². The van der Waals surface area contributed by atoms with Gasteiger partial charge in [0.25, 0.3) is 0 Å². The third-order valence-electron chi connectivity index (χ3n) is 4.24. The molecule has 0 radical (unpaired) electrons. The largest absolute Gasteiger partial charge is 0.481 e. The second-order valence-corrected chi connectivity index (χ2v) is 7.47. The Morgan fingerprint density at radius 3 is 1.83 bits per heavy atom. The first kappa shape index (κ1) is 17.5. The van der Waals surface area contributed by atoms with Crippen LogP contribution >= 0.6 is 0 Å². The fourth-order valence-corrected chi connectivity index (χ4v) is 3.51. The number of carboxylic acid groups (broad SMARTS) is 1. The van der Waals surface area contributed by atoms with Gasteiger partial charge in [-0.1, -0.05) is 61.3 Å². The Hall–Kier alpha value is -0.530. The molecule has 2 nitrogen and oxygen atoms in total. The summed E-state index contributed by atoms with van der Waals surface area (Å²) in [5.41, 5.74) is -0.608. The van der Waals surface area contributed by atoms with E-state index in [9.17, 15) is 9.90 Å². The minimum Gasteiger partial charge on any atom is -0.481 e. The third-order valence-corrected chi connectivity index (χ3v) is 4.24. The molecule has 0 amide bonds. The second kappa shape index (κ2) is 6.08. The Bertz CT molecular complexity index is 273. The van der Waals surface area contributed by atoms with Crippen LogP contribution in [0.3, 0.4) is 0 Å². The summed E-state index contributed by atoms with van der Waals surface area (Å²) < 4.78 is 0. The average Bonchev–Trinajstić information content (AvgIpc) is 2.14. The molecule has 0 bridgehead atoms. The van der Waals surface area contributed by atoms with Crippen LogP contribution in [0.25, 0.3) is 0 Å². The van der Waals surface area contributed by atoms with Crippen molar-refractivity contribution in [2.75, 3.05) is 0 Å². The lowest BCUT2D eigenvalue weighted by molar-refractivity contribution is -0.160. The minimum atomic E-state index is -0.618. The molecule has 0 fully saturated rings. The predicted molar refractivity (Wildman–Crippen MR) is 77.7 cm³/mol. The molecule has 0 aromatic rings. The summed E-state index contributed by atoms with van der Waals surface area (Å²) in [4.78, 5) is 11.9. The highest BCUT2D eigenvalue weighted by Gasteiger charge is 2.50. The normalized spacial score (nSPS) is 16.4. The maximum absolute atomic E-state index is 11.9. The van der Waals surface area contributed by atoms with Crippen LogP contribution in [0.2, 0.25) is 0 Å². The number of carbonyl (C=O) groups is 1. The lowest BCUT2D eigenvalue weighted by Crippen LogP contribution is -2.46. The van der Waals surface area contributed by atoms with Gasteiger partial charge < -0.3 is 5.11 Å². The van der Waals surface area contributed by atoms with Crippen molar-refractivity contribution >= 4 is 5.97 Å². The molecule has 18 heavy (non-hydrogen) atoms. The molecule has 0 heterocycles. The molecule has 0 spiro atoms. The monoisotopic (exact) mass is 256 g/mol. The van der Waals surface area contributed by atoms with Crippen LogP contribution in [0.15, 0.2) is 0 Å². The number of unbranched alkanes of at least 4 members (excludes halogenated alkanes) is 1. The number of hydrogen-bond acceptors (Lipinski definition) is 1. The van der Waals surface area contributed by atoms with Gasteiger partial charge in [-0.15, -0.1) is 0 Å². The van der Waals surface area contributed by atoms with Gasteiger partial charge in [-0.2, -0.15) is 0 Å². The number of hydrogen-bond donors (Lipinski definition) is 1. The highest BCUT2D eigenvalue weighted by Crippen LogP contribution is 2.51. The van der Waals surface area contributed by atoms with Gasteiger partial charge in [0.1, 0.15) is 0 Å². The maximum atomic E-state index is 11.9. The summed E-state index contributed by atoms with van der Waals surface area (Å²) in [6.45, 7) is 15.0. The van der Waals surface area contributed by atoms with Crippen LogP contribution in [0.4, 0.5) is 0 Å². The van der Waals surface area contributed by atoms with E-state index in [-0.39, 0.29) is 10.8 Å². The van der Waals surface area contributed by atoms with E-state index in [0.29, 0.717) is 6.42 Å². The van der Waals surface area contributed by atoms with Crippen molar-refractivity contribution in [1.29, 1.82) is 0 Å². The van der Waals surface area contributed by atoms with E-state index in [4.69, 9.17) is 0 Å². The maximum Gasteiger partial charge on any atom is 0.310 e. The first-order valence-corrected chi connectivity index (χ1v) is 7.26. The first-order chi connectivity index (χ1) is 8.02. The third kappa shape index (κ3) is 4.00. The lowest BCUT2D eigenvalue weighted by atomic mass is 9.57. The molecule has 1 atom stereocenters. The lowest BCUT2D eigenvalue weighted by Gasteiger charge is -2.46. The molecule has 2 heteroatoms. The summed E-state index contributed by atoms with van der Waals surface area (Å²) in [5, 5.41) is 9.78. The Kier molecular flexibility index (Phi) is 5.90. The average molecular weight is 256 g/mol. The Morgan fingerprint density at radius 1 is 1.06 bits per heavy atom. The van der Waals surface area contributed by atoms with Gasteiger partial charge in [0.15, 0.2) is 0 Å². The summed E-state index contributed by atoms with van der Waals surface area (Å²) >= 11 is 0. The minimum absolute atomic E-state index is 0.158. The van der Waals surface area contributed by atoms with E-state index in [0.717, 1.165) is 25.7 Å². The van der Waals surface area contributed by atoms with Crippen molar-refractivity contribution < 1.29 is 9.90 Å². The summed E-state index contributed by atoms with van der Waals surface area (Å²) in [6.07, 6.45) is 4.49. The molecule has 0 rings (SSSR count). The molecule has 0 saturated carbocycles. The fourth-order valence-electron chi connectivity index (χ4n) is 3.51. The van der Waals surface area contributed by atoms with Crippen molar-refractivity contribution in [2.45, 2.75) is 80.6 Å². The topological polar surface area (TPSA) is 37.3 Å². The Balaban J connectivity index is 5.33. The van der Waals surface area contributed by atoms with Gasteiger partial charge in [-0.25, -0.2) is 0 Å². The van der Waals surface area contributed by atoms with Crippen LogP contribution in [0, 0.1) is 16.2 Å². The van der Waals surface area contributed by atoms with Gasteiger partial charge in [0, 0.05) is 0 Å². The second-order valence-electron chi connectivity index (χ2n) is 7.47. The van der Waals surface area contributed by atoms with Crippen molar-refractivity contribution in [2.24, 2.45) is 16.2 Å². The van der Waals surface area contributed by atoms with Crippen LogP contribution in [0.5, 0.6) is 0 Å². The van der Waals surface area contributed by atoms with Gasteiger partial charge in [-0.05, 0) is 30.1 Å². The van der Waals surface area contributed by atoms with Gasteiger partial charge in [-0.3, -0.25) is 4.79 Å². The van der Waals surface area contributed by atoms with E-state index in [1.165, 1.54) is 0 Å². The summed E-state index contributed by atoms with van der Waals surface area (Å²) in [6, 6.07) is 0. The molecule has 0 aliphatic carbocycles. The highest BCUT2D eigenvalue weighted by molar-refractivity contribution is 5.75. The van der Waals surface area contributed by atoms with Crippen molar-refractivity contribution in [1.82, 2.24) is 0 Å². The molecule has 0 aliphatic rings. The smallest absolute Gasteiger partial charge is 0.310 e. The zero-order chi connectivity index (χ0) is 14.6. The first-order valence-electron chi connectivity index (χ1n) is 7.26. The van der Waals surface area contributed by atoms with Crippen molar-refractivity contribution in [3.63, 3.8) is 0 Å². The van der Waals surface area contributed by atoms with Crippen molar-refractivity contribution in [3.05, 3.63) is 0 Å². The predicted octanol–water partition coefficient (Wildman–Crippen LogP) is 5.12. The zero-order valence-corrected chi connectivity index (χ0v) is 13.4. The molecule has 0 saturated heterocycles. The van der Waals surface area contributed by atoms with E-state index in [2.05, 4.69) is 41.5 Å². The van der Waals surface area contributed by atoms with Gasteiger partial charge in [0.2, 0.25) is 0 Å². The Labute approximate surface area is 113 Å². The van der Waals surface area contributed by atoms with E-state index < -0.39 is 11.4 Å². The molecule has 0 aromatic heterocycles. The van der Waals surface area contributed by atoms with E-state index in [1.54, 1.807) is 0 Å². The SMILES string of the molecule is CCCCC(CC)(C(=O)O)C(C)(C)CC(C)(C)C. The molecule has 0 aromatic carbocycles. The number of carboxylic acids is 1. The molecule has 1 N–H and O–H groups in total. The standard InChI is InChI=1S/C16H32O2/c1-8-10-11-16(9-2,13(17)18)15(6,7)12-14(3,4)5/h8-12H2,1-7H3,(H,17,18). The van der Waals surface area contributed by atoms with Gasteiger partial charge in [0.05, 0.1) is 5.41 Å². The molecular formula is C16H32O2. The molecule has 108 valence electrons. The van der Waals surface area contributed by atoms with Gasteiger partial charge >= 0.3 is 5.97 Å². The highest BCUT2D eigenvalue weighted by atomic mass is 16.4. The zero-order valence-electron chi connectivity index (χ0n) is 13.4. The van der Waals surface area contributed by atoms with Crippen LogP contribution in [0.1, 0.15) is 80.6 Å². The van der Waals surface area contributed by atoms with Crippen LogP contribution in [-0.2, 0) is 4.79 Å². The van der Waals surface area contributed by atoms with Crippen LogP contribution < -0.4 is 0 Å². The number of aliphatic carboxylic acids is 1. The quantitative estimate of drug-likeness (QED) is 0.686.